The van der Waals surface area contributed by atoms with E-state index in [0.29, 0.717) is 42.9 Å². The van der Waals surface area contributed by atoms with Crippen LogP contribution in [0.4, 0.5) is 0 Å². The minimum atomic E-state index is -0.0784. The van der Waals surface area contributed by atoms with Gasteiger partial charge >= 0.3 is 0 Å². The Hall–Kier alpha value is -1.79. The number of ether oxygens (including phenoxy) is 2. The van der Waals surface area contributed by atoms with Crippen molar-refractivity contribution in [1.29, 1.82) is 0 Å². The van der Waals surface area contributed by atoms with Crippen molar-refractivity contribution in [3.05, 3.63) is 23.8 Å². The Labute approximate surface area is 137 Å². The van der Waals surface area contributed by atoms with Crippen LogP contribution >= 0.6 is 0 Å². The first-order valence-corrected chi connectivity index (χ1v) is 8.20. The number of carbonyl (C=O) groups excluding carboxylic acids is 1. The SMILES string of the molecule is CCN1CCCC1CNC(=O)c1cccc2c1OCCCO2.O. The van der Waals surface area contributed by atoms with Crippen molar-refractivity contribution in [2.24, 2.45) is 0 Å². The highest BCUT2D eigenvalue weighted by atomic mass is 16.5. The number of para-hydroxylation sites is 1. The molecule has 1 aromatic carbocycles. The van der Waals surface area contributed by atoms with Gasteiger partial charge in [-0.2, -0.15) is 0 Å². The molecule has 1 atom stereocenters. The van der Waals surface area contributed by atoms with Gasteiger partial charge < -0.3 is 20.3 Å². The molecule has 0 aromatic heterocycles. The largest absolute Gasteiger partial charge is 0.490 e. The van der Waals surface area contributed by atoms with E-state index < -0.39 is 0 Å². The van der Waals surface area contributed by atoms with Gasteiger partial charge in [0, 0.05) is 19.0 Å². The van der Waals surface area contributed by atoms with Crippen LogP contribution in [0, 0.1) is 0 Å². The molecule has 6 nitrogen and oxygen atoms in total. The molecule has 3 rings (SSSR count). The topological polar surface area (TPSA) is 82.3 Å². The molecule has 1 fully saturated rings. The molecular weight excluding hydrogens is 296 g/mol. The van der Waals surface area contributed by atoms with Gasteiger partial charge in [0.15, 0.2) is 11.5 Å². The van der Waals surface area contributed by atoms with Crippen molar-refractivity contribution in [3.63, 3.8) is 0 Å². The minimum Gasteiger partial charge on any atom is -0.490 e. The molecule has 23 heavy (non-hydrogen) atoms. The predicted octanol–water partition coefficient (Wildman–Crippen LogP) is 1.24. The second kappa shape index (κ2) is 8.17. The molecule has 1 saturated heterocycles. The van der Waals surface area contributed by atoms with Gasteiger partial charge in [-0.1, -0.05) is 13.0 Å². The van der Waals surface area contributed by atoms with Crippen molar-refractivity contribution in [3.8, 4) is 11.5 Å². The number of fused-ring (bicyclic) bond motifs is 1. The number of hydrogen-bond donors (Lipinski definition) is 1. The number of benzene rings is 1. The minimum absolute atomic E-state index is 0. The summed E-state index contributed by atoms with van der Waals surface area (Å²) in [5.74, 6) is 1.17. The van der Waals surface area contributed by atoms with Crippen LogP contribution in [0.15, 0.2) is 18.2 Å². The molecule has 0 bridgehead atoms. The number of nitrogens with one attached hydrogen (secondary N) is 1. The molecule has 6 heteroatoms. The third kappa shape index (κ3) is 3.95. The van der Waals surface area contributed by atoms with Crippen LogP contribution in [-0.2, 0) is 0 Å². The molecule has 2 aliphatic heterocycles. The number of likely N-dealkylation sites (N-methyl/N-ethyl adjacent to an activating group) is 1. The molecule has 128 valence electrons. The van der Waals surface area contributed by atoms with Crippen LogP contribution in [0.5, 0.6) is 11.5 Å². The van der Waals surface area contributed by atoms with Gasteiger partial charge in [0.25, 0.3) is 5.91 Å². The summed E-state index contributed by atoms with van der Waals surface area (Å²) >= 11 is 0. The zero-order valence-corrected chi connectivity index (χ0v) is 13.6. The van der Waals surface area contributed by atoms with Crippen LogP contribution in [0.25, 0.3) is 0 Å². The number of hydrogen-bond acceptors (Lipinski definition) is 4. The van der Waals surface area contributed by atoms with E-state index in [9.17, 15) is 4.79 Å². The molecule has 3 N–H and O–H groups in total. The first-order valence-electron chi connectivity index (χ1n) is 8.20. The Kier molecular flexibility index (Phi) is 6.24. The van der Waals surface area contributed by atoms with Gasteiger partial charge in [-0.05, 0) is 38.1 Å². The van der Waals surface area contributed by atoms with Crippen molar-refractivity contribution < 1.29 is 19.7 Å². The molecule has 0 radical (unpaired) electrons. The highest BCUT2D eigenvalue weighted by Crippen LogP contribution is 2.33. The van der Waals surface area contributed by atoms with Crippen molar-refractivity contribution in [2.45, 2.75) is 32.2 Å². The molecule has 1 amide bonds. The lowest BCUT2D eigenvalue weighted by atomic mass is 10.1. The fourth-order valence-corrected chi connectivity index (χ4v) is 3.22. The normalized spacial score (nSPS) is 20.5. The van der Waals surface area contributed by atoms with Gasteiger partial charge in [0.1, 0.15) is 0 Å². The van der Waals surface area contributed by atoms with Gasteiger partial charge in [-0.3, -0.25) is 9.69 Å². The van der Waals surface area contributed by atoms with Gasteiger partial charge in [0.05, 0.1) is 18.8 Å². The quantitative estimate of drug-likeness (QED) is 0.904. The first-order chi connectivity index (χ1) is 10.8. The summed E-state index contributed by atoms with van der Waals surface area (Å²) in [5.41, 5.74) is 0.570. The Balaban J connectivity index is 0.00000192. The third-order valence-electron chi connectivity index (χ3n) is 4.42. The lowest BCUT2D eigenvalue weighted by Crippen LogP contribution is -2.40. The maximum absolute atomic E-state index is 12.5. The monoisotopic (exact) mass is 322 g/mol. The van der Waals surface area contributed by atoms with Gasteiger partial charge in [-0.25, -0.2) is 0 Å². The lowest BCUT2D eigenvalue weighted by Gasteiger charge is -2.23. The number of rotatable bonds is 4. The van der Waals surface area contributed by atoms with Crippen LogP contribution in [0.2, 0.25) is 0 Å². The number of carbonyl (C=O) groups is 1. The summed E-state index contributed by atoms with van der Waals surface area (Å²) in [5, 5.41) is 3.06. The van der Waals surface area contributed by atoms with Crippen LogP contribution in [0.3, 0.4) is 0 Å². The number of amides is 1. The van der Waals surface area contributed by atoms with E-state index in [2.05, 4.69) is 17.1 Å². The Bertz CT molecular complexity index is 535. The van der Waals surface area contributed by atoms with Crippen molar-refractivity contribution >= 4 is 5.91 Å². The summed E-state index contributed by atoms with van der Waals surface area (Å²) in [7, 11) is 0. The number of nitrogens with zero attached hydrogens (tertiary/aromatic N) is 1. The second-order valence-corrected chi connectivity index (χ2v) is 5.82. The predicted molar refractivity (Wildman–Crippen MR) is 88.3 cm³/mol. The van der Waals surface area contributed by atoms with Crippen LogP contribution in [0.1, 0.15) is 36.5 Å². The Morgan fingerprint density at radius 3 is 2.96 bits per heavy atom. The van der Waals surface area contributed by atoms with E-state index in [0.717, 1.165) is 25.9 Å². The van der Waals surface area contributed by atoms with E-state index in [4.69, 9.17) is 9.47 Å². The van der Waals surface area contributed by atoms with Crippen LogP contribution < -0.4 is 14.8 Å². The fraction of sp³-hybridized carbons (Fsp3) is 0.588. The average Bonchev–Trinajstić information content (AvgIpc) is 2.86. The Morgan fingerprint density at radius 2 is 2.13 bits per heavy atom. The molecular formula is C17H26N2O4. The first kappa shape index (κ1) is 17.6. The summed E-state index contributed by atoms with van der Waals surface area (Å²) in [6, 6.07) is 5.95. The average molecular weight is 322 g/mol. The zero-order chi connectivity index (χ0) is 15.4. The summed E-state index contributed by atoms with van der Waals surface area (Å²) in [6.45, 7) is 6.25. The molecule has 1 unspecified atom stereocenters. The van der Waals surface area contributed by atoms with E-state index in [-0.39, 0.29) is 11.4 Å². The summed E-state index contributed by atoms with van der Waals surface area (Å²) in [4.78, 5) is 14.9. The molecule has 1 aromatic rings. The Morgan fingerprint density at radius 1 is 1.30 bits per heavy atom. The van der Waals surface area contributed by atoms with Crippen LogP contribution in [-0.4, -0.2) is 55.2 Å². The van der Waals surface area contributed by atoms with Crippen molar-refractivity contribution in [2.75, 3.05) is 32.8 Å². The molecule has 0 saturated carbocycles. The maximum Gasteiger partial charge on any atom is 0.255 e. The van der Waals surface area contributed by atoms with Gasteiger partial charge in [-0.15, -0.1) is 0 Å². The molecule has 0 aliphatic carbocycles. The highest BCUT2D eigenvalue weighted by Gasteiger charge is 2.25. The van der Waals surface area contributed by atoms with E-state index in [1.165, 1.54) is 6.42 Å². The third-order valence-corrected chi connectivity index (χ3v) is 4.42. The van der Waals surface area contributed by atoms with E-state index in [1.54, 1.807) is 6.07 Å². The highest BCUT2D eigenvalue weighted by molar-refractivity contribution is 5.97. The summed E-state index contributed by atoms with van der Waals surface area (Å²) in [6.07, 6.45) is 3.20. The zero-order valence-electron chi connectivity index (χ0n) is 13.6. The fourth-order valence-electron chi connectivity index (χ4n) is 3.22. The molecule has 2 heterocycles. The van der Waals surface area contributed by atoms with Gasteiger partial charge in [0.2, 0.25) is 0 Å². The number of likely N-dealkylation sites (tertiary alicyclic amines) is 1. The maximum atomic E-state index is 12.5. The molecule has 0 spiro atoms. The van der Waals surface area contributed by atoms with E-state index >= 15 is 0 Å². The summed E-state index contributed by atoms with van der Waals surface area (Å²) < 4.78 is 11.4. The lowest BCUT2D eigenvalue weighted by molar-refractivity contribution is 0.0937. The standard InChI is InChI=1S/C17H24N2O3.H2O/c1-2-19-9-4-6-13(19)12-18-17(20)14-7-3-8-15-16(14)22-11-5-10-21-15;/h3,7-8,13H,2,4-6,9-12H2,1H3,(H,18,20);1H2. The second-order valence-electron chi connectivity index (χ2n) is 5.82. The van der Waals surface area contributed by atoms with E-state index in [1.807, 2.05) is 12.1 Å². The van der Waals surface area contributed by atoms with Crippen molar-refractivity contribution in [1.82, 2.24) is 10.2 Å². The molecule has 2 aliphatic rings. The smallest absolute Gasteiger partial charge is 0.255 e.